The van der Waals surface area contributed by atoms with Gasteiger partial charge < -0.3 is 25.3 Å². The number of hydrazine groups is 1. The third kappa shape index (κ3) is 10.0. The van der Waals surface area contributed by atoms with Gasteiger partial charge in [-0.2, -0.15) is 5.26 Å². The first kappa shape index (κ1) is 36.6. The molecule has 0 spiro atoms. The second kappa shape index (κ2) is 16.6. The second-order valence-corrected chi connectivity index (χ2v) is 14.3. The van der Waals surface area contributed by atoms with Crippen molar-refractivity contribution in [1.29, 1.82) is 10.7 Å². The van der Waals surface area contributed by atoms with E-state index in [1.54, 1.807) is 0 Å². The van der Waals surface area contributed by atoms with Crippen molar-refractivity contribution in [2.45, 2.75) is 142 Å². The van der Waals surface area contributed by atoms with Crippen LogP contribution in [0, 0.1) is 44.8 Å². The van der Waals surface area contributed by atoms with Gasteiger partial charge in [0.1, 0.15) is 10.9 Å². The van der Waals surface area contributed by atoms with Crippen molar-refractivity contribution in [1.82, 2.24) is 21.4 Å². The van der Waals surface area contributed by atoms with Crippen molar-refractivity contribution in [3.63, 3.8) is 0 Å². The van der Waals surface area contributed by atoms with Crippen LogP contribution in [0.4, 0.5) is 0 Å². The largest absolute Gasteiger partial charge is 0.481 e. The number of unbranched alkanes of at least 4 members (excludes halogenated alkanes) is 6. The molecule has 0 aromatic heterocycles. The van der Waals surface area contributed by atoms with Gasteiger partial charge in [0.2, 0.25) is 11.8 Å². The molecule has 0 aromatic carbocycles. The lowest BCUT2D eigenvalue weighted by Crippen LogP contribution is -2.65. The van der Waals surface area contributed by atoms with Gasteiger partial charge in [-0.05, 0) is 80.5 Å². The summed E-state index contributed by atoms with van der Waals surface area (Å²) in [7, 11) is -0.576. The Labute approximate surface area is 268 Å². The standard InChI is InChI=1S/C31H54BN7O6/c1-21(2)18-26(32-44-25-20-22-19-24(30(22,3)4)31(25,5)45-32)37-28(41)23(14-13-17-35-29(34)38-39(42)43)36-27(40)15-11-9-7-6-8-10-12-16-33/h21-26H,6-15,17-20H2,1-5H3,(H5-,34,35,36,37,38,40,41,42,43)/p+1/t22-,23-,24-,25+,26-,31-/m0/s1. The summed E-state index contributed by atoms with van der Waals surface area (Å²) in [6.07, 6.45) is 9.92. The summed E-state index contributed by atoms with van der Waals surface area (Å²) in [5.74, 6) is 0.0159. The summed E-state index contributed by atoms with van der Waals surface area (Å²) in [5, 5.41) is 33.2. The summed E-state index contributed by atoms with van der Waals surface area (Å²) in [6, 6.07) is 1.35. The number of rotatable bonds is 19. The van der Waals surface area contributed by atoms with Gasteiger partial charge in [-0.25, -0.2) is 5.21 Å². The lowest BCUT2D eigenvalue weighted by atomic mass is 9.43. The molecule has 13 nitrogen and oxygen atoms in total. The molecule has 2 bridgehead atoms. The van der Waals surface area contributed by atoms with Crippen molar-refractivity contribution >= 4 is 24.9 Å². The van der Waals surface area contributed by atoms with Crippen LogP contribution in [0.2, 0.25) is 0 Å². The molecule has 252 valence electrons. The van der Waals surface area contributed by atoms with E-state index in [1.807, 2.05) is 5.43 Å². The van der Waals surface area contributed by atoms with Gasteiger partial charge in [0, 0.05) is 19.4 Å². The highest BCUT2D eigenvalue weighted by Crippen LogP contribution is 2.65. The van der Waals surface area contributed by atoms with Gasteiger partial charge in [-0.3, -0.25) is 15.0 Å². The smallest absolute Gasteiger partial charge is 0.404 e. The summed E-state index contributed by atoms with van der Waals surface area (Å²) < 4.78 is 13.2. The number of amides is 2. The van der Waals surface area contributed by atoms with Gasteiger partial charge in [0.25, 0.3) is 5.96 Å². The normalized spacial score (nSPS) is 25.7. The van der Waals surface area contributed by atoms with E-state index in [0.717, 1.165) is 44.9 Å². The molecular formula is C31H55BN7O6+. The molecule has 4 rings (SSSR count). The zero-order chi connectivity index (χ0) is 33.2. The van der Waals surface area contributed by atoms with E-state index in [9.17, 15) is 14.5 Å². The molecule has 0 unspecified atom stereocenters. The Kier molecular flexibility index (Phi) is 13.5. The molecule has 1 heterocycles. The molecule has 6 N–H and O–H groups in total. The van der Waals surface area contributed by atoms with Crippen LogP contribution >= 0.6 is 0 Å². The van der Waals surface area contributed by atoms with E-state index in [0.29, 0.717) is 50.4 Å². The first-order valence-electron chi connectivity index (χ1n) is 16.8. The van der Waals surface area contributed by atoms with E-state index >= 15 is 0 Å². The Hall–Kier alpha value is -2.92. The van der Waals surface area contributed by atoms with E-state index in [4.69, 9.17) is 25.2 Å². The van der Waals surface area contributed by atoms with Crippen LogP contribution in [0.15, 0.2) is 0 Å². The highest BCUT2D eigenvalue weighted by molar-refractivity contribution is 6.48. The maximum Gasteiger partial charge on any atom is 0.481 e. The highest BCUT2D eigenvalue weighted by Gasteiger charge is 2.68. The molecule has 45 heavy (non-hydrogen) atoms. The third-order valence-corrected chi connectivity index (χ3v) is 10.1. The summed E-state index contributed by atoms with van der Waals surface area (Å²) in [4.78, 5) is 37.4. The first-order valence-corrected chi connectivity index (χ1v) is 16.8. The number of hydrogen-bond acceptors (Lipinski definition) is 7. The van der Waals surface area contributed by atoms with Crippen LogP contribution in [-0.2, 0) is 18.9 Å². The molecule has 1 aliphatic heterocycles. The summed E-state index contributed by atoms with van der Waals surface area (Å²) >= 11 is 0. The lowest BCUT2D eigenvalue weighted by molar-refractivity contribution is -0.822. The SMILES string of the molecule is CC(C)C[C@H](NC(=O)[C@H](CCCNC(=N)N[N+](=O)O)NC(=O)CCCCCCCCC#N)B1O[C@@H]2C[C@@H]3C[C@@H](C3(C)C)[C@]2(C)O1. The molecule has 0 radical (unpaired) electrons. The van der Waals surface area contributed by atoms with Gasteiger partial charge in [0.15, 0.2) is 0 Å². The molecule has 14 heteroatoms. The van der Waals surface area contributed by atoms with Gasteiger partial charge in [-0.15, -0.1) is 0 Å². The van der Waals surface area contributed by atoms with Crippen LogP contribution in [0.3, 0.4) is 0 Å². The van der Waals surface area contributed by atoms with E-state index in [2.05, 4.69) is 56.6 Å². The van der Waals surface area contributed by atoms with Gasteiger partial charge >= 0.3 is 12.2 Å². The fourth-order valence-electron chi connectivity index (χ4n) is 7.49. The Morgan fingerprint density at radius 2 is 1.78 bits per heavy atom. The Morgan fingerprint density at radius 1 is 1.09 bits per heavy atom. The van der Waals surface area contributed by atoms with E-state index in [1.165, 1.54) is 0 Å². The van der Waals surface area contributed by atoms with Crippen molar-refractivity contribution in [2.24, 2.45) is 23.2 Å². The summed E-state index contributed by atoms with van der Waals surface area (Å²) in [5.41, 5.74) is 1.66. The predicted molar refractivity (Wildman–Crippen MR) is 169 cm³/mol. The second-order valence-electron chi connectivity index (χ2n) is 14.3. The molecule has 6 atom stereocenters. The van der Waals surface area contributed by atoms with Crippen LogP contribution in [0.1, 0.15) is 118 Å². The zero-order valence-corrected chi connectivity index (χ0v) is 27.8. The minimum atomic E-state index is -0.804. The fraction of sp³-hybridized carbons (Fsp3) is 0.871. The number of nitriles is 1. The van der Waals surface area contributed by atoms with Crippen LogP contribution in [0.25, 0.3) is 0 Å². The van der Waals surface area contributed by atoms with Crippen LogP contribution < -0.4 is 21.4 Å². The van der Waals surface area contributed by atoms with E-state index in [-0.39, 0.29) is 47.7 Å². The molecular weight excluding hydrogens is 577 g/mol. The van der Waals surface area contributed by atoms with Crippen molar-refractivity contribution in [2.75, 3.05) is 6.54 Å². The summed E-state index contributed by atoms with van der Waals surface area (Å²) in [6.45, 7) is 11.2. The lowest BCUT2D eigenvalue weighted by Gasteiger charge is -2.64. The highest BCUT2D eigenvalue weighted by atomic mass is 16.7. The molecule has 0 aromatic rings. The Balaban J connectivity index is 1.59. The number of carbonyl (C=O) groups is 2. The minimum absolute atomic E-state index is 0.00773. The third-order valence-electron chi connectivity index (χ3n) is 10.1. The predicted octanol–water partition coefficient (Wildman–Crippen LogP) is 3.89. The number of guanidine groups is 1. The maximum atomic E-state index is 13.8. The first-order chi connectivity index (χ1) is 21.3. The fourth-order valence-corrected chi connectivity index (χ4v) is 7.49. The van der Waals surface area contributed by atoms with E-state index < -0.39 is 23.8 Å². The number of nitrogens with zero attached hydrogens (tertiary/aromatic N) is 2. The monoisotopic (exact) mass is 632 g/mol. The van der Waals surface area contributed by atoms with Crippen LogP contribution in [0.5, 0.6) is 0 Å². The molecule has 1 saturated heterocycles. The number of hydrogen-bond donors (Lipinski definition) is 6. The molecule has 4 aliphatic rings. The minimum Gasteiger partial charge on any atom is -0.404 e. The van der Waals surface area contributed by atoms with Crippen LogP contribution in [-0.4, -0.2) is 65.4 Å². The number of nitrogens with one attached hydrogen (secondary N) is 5. The quantitative estimate of drug-likeness (QED) is 0.0404. The topological polar surface area (TPSA) is 189 Å². The maximum absolute atomic E-state index is 13.8. The molecule has 2 amide bonds. The zero-order valence-electron chi connectivity index (χ0n) is 27.8. The molecule has 4 fully saturated rings. The van der Waals surface area contributed by atoms with Crippen molar-refractivity contribution in [3.05, 3.63) is 4.91 Å². The molecule has 3 aliphatic carbocycles. The average Bonchev–Trinajstić information content (AvgIpc) is 3.32. The Morgan fingerprint density at radius 3 is 2.42 bits per heavy atom. The van der Waals surface area contributed by atoms with Crippen molar-refractivity contribution < 1.29 is 29.1 Å². The Bertz CT molecular complexity index is 1090. The van der Waals surface area contributed by atoms with Crippen molar-refractivity contribution in [3.8, 4) is 6.07 Å². The number of carbonyl (C=O) groups excluding carboxylic acids is 2. The average molecular weight is 633 g/mol. The van der Waals surface area contributed by atoms with Gasteiger partial charge in [-0.1, -0.05) is 53.4 Å². The van der Waals surface area contributed by atoms with Gasteiger partial charge in [0.05, 0.1) is 23.7 Å². The molecule has 3 saturated carbocycles.